The van der Waals surface area contributed by atoms with E-state index in [0.29, 0.717) is 13.0 Å². The van der Waals surface area contributed by atoms with Gasteiger partial charge in [0.15, 0.2) is 5.25 Å². The van der Waals surface area contributed by atoms with Crippen LogP contribution in [0.2, 0.25) is 0 Å². The maximum absolute atomic E-state index is 11.8. The molecule has 4 nitrogen and oxygen atoms in total. The molecule has 0 saturated carbocycles. The number of nitriles is 1. The van der Waals surface area contributed by atoms with Crippen molar-refractivity contribution in [3.8, 4) is 6.07 Å². The van der Waals surface area contributed by atoms with Crippen molar-refractivity contribution >= 4 is 10.0 Å². The van der Waals surface area contributed by atoms with Crippen molar-refractivity contribution in [3.05, 3.63) is 0 Å². The molecule has 1 unspecified atom stereocenters. The highest BCUT2D eigenvalue weighted by Crippen LogP contribution is 2.09. The number of nitrogens with zero attached hydrogens (tertiary/aromatic N) is 1. The molecule has 0 aliphatic carbocycles. The van der Waals surface area contributed by atoms with Crippen LogP contribution >= 0.6 is 0 Å². The second-order valence-electron chi connectivity index (χ2n) is 4.61. The summed E-state index contributed by atoms with van der Waals surface area (Å²) in [4.78, 5) is 0. The number of unbranched alkanes of at least 4 members (excludes halogenated alkanes) is 5. The molecule has 0 saturated heterocycles. The molecule has 0 rings (SSSR count). The summed E-state index contributed by atoms with van der Waals surface area (Å²) in [6.45, 7) is 4.59. The van der Waals surface area contributed by atoms with Crippen LogP contribution in [0, 0.1) is 11.3 Å². The number of rotatable bonds is 11. The summed E-state index contributed by atoms with van der Waals surface area (Å²) in [6.07, 6.45) is 7.53. The van der Waals surface area contributed by atoms with Crippen LogP contribution in [0.25, 0.3) is 0 Å². The topological polar surface area (TPSA) is 70.0 Å². The predicted molar refractivity (Wildman–Crippen MR) is 74.6 cm³/mol. The highest BCUT2D eigenvalue weighted by Gasteiger charge is 2.23. The van der Waals surface area contributed by atoms with Crippen LogP contribution in [0.5, 0.6) is 0 Å². The van der Waals surface area contributed by atoms with Gasteiger partial charge >= 0.3 is 0 Å². The molecule has 0 aliphatic heterocycles. The van der Waals surface area contributed by atoms with Crippen molar-refractivity contribution < 1.29 is 8.42 Å². The van der Waals surface area contributed by atoms with Crippen LogP contribution in [-0.2, 0) is 10.0 Å². The van der Waals surface area contributed by atoms with E-state index in [2.05, 4.69) is 11.6 Å². The van der Waals surface area contributed by atoms with Gasteiger partial charge in [-0.15, -0.1) is 0 Å². The first-order valence-electron chi connectivity index (χ1n) is 6.96. The number of nitrogens with one attached hydrogen (secondary N) is 1. The third kappa shape index (κ3) is 7.67. The molecular weight excluding hydrogens is 248 g/mol. The fraction of sp³-hybridized carbons (Fsp3) is 0.923. The fourth-order valence-corrected chi connectivity index (χ4v) is 2.97. The van der Waals surface area contributed by atoms with E-state index >= 15 is 0 Å². The Labute approximate surface area is 112 Å². The molecule has 0 aromatic rings. The lowest BCUT2D eigenvalue weighted by molar-refractivity contribution is 0.558. The molecule has 5 heteroatoms. The van der Waals surface area contributed by atoms with Gasteiger partial charge in [-0.2, -0.15) is 5.26 Å². The Bertz CT molecular complexity index is 333. The lowest BCUT2D eigenvalue weighted by atomic mass is 10.2. The van der Waals surface area contributed by atoms with Gasteiger partial charge in [0.1, 0.15) is 0 Å². The van der Waals surface area contributed by atoms with Crippen LogP contribution in [0.15, 0.2) is 0 Å². The lowest BCUT2D eigenvalue weighted by Gasteiger charge is -2.11. The van der Waals surface area contributed by atoms with Gasteiger partial charge in [-0.1, -0.05) is 52.4 Å². The van der Waals surface area contributed by atoms with Gasteiger partial charge in [0.05, 0.1) is 6.07 Å². The predicted octanol–water partition coefficient (Wildman–Crippen LogP) is 2.96. The van der Waals surface area contributed by atoms with E-state index in [1.165, 1.54) is 12.8 Å². The molecule has 0 fully saturated rings. The van der Waals surface area contributed by atoms with Crippen LogP contribution < -0.4 is 4.72 Å². The summed E-state index contributed by atoms with van der Waals surface area (Å²) in [7, 11) is -3.45. The molecule has 0 radical (unpaired) electrons. The minimum atomic E-state index is -3.45. The molecule has 1 N–H and O–H groups in total. The van der Waals surface area contributed by atoms with Gasteiger partial charge in [-0.25, -0.2) is 13.1 Å². The standard InChI is InChI=1S/C13H26N2O2S/c1-3-5-7-8-9-11-15-18(16,17)13(12-14)10-6-4-2/h13,15H,3-11H2,1-2H3. The highest BCUT2D eigenvalue weighted by molar-refractivity contribution is 7.90. The minimum absolute atomic E-state index is 0.429. The molecular formula is C13H26N2O2S. The molecule has 106 valence electrons. The summed E-state index contributed by atoms with van der Waals surface area (Å²) in [5, 5.41) is 8.00. The molecule has 0 amide bonds. The zero-order valence-electron chi connectivity index (χ0n) is 11.6. The van der Waals surface area contributed by atoms with Crippen molar-refractivity contribution in [3.63, 3.8) is 0 Å². The van der Waals surface area contributed by atoms with Crippen LogP contribution in [0.3, 0.4) is 0 Å². The van der Waals surface area contributed by atoms with E-state index < -0.39 is 15.3 Å². The molecule has 18 heavy (non-hydrogen) atoms. The van der Waals surface area contributed by atoms with Gasteiger partial charge in [0.25, 0.3) is 0 Å². The average molecular weight is 274 g/mol. The molecule has 0 spiro atoms. The first kappa shape index (κ1) is 17.4. The second kappa shape index (κ2) is 10.3. The van der Waals surface area contributed by atoms with E-state index in [1.807, 2.05) is 13.0 Å². The lowest BCUT2D eigenvalue weighted by Crippen LogP contribution is -2.34. The van der Waals surface area contributed by atoms with Crippen molar-refractivity contribution in [2.24, 2.45) is 0 Å². The number of hydrogen-bond acceptors (Lipinski definition) is 3. The number of sulfonamides is 1. The highest BCUT2D eigenvalue weighted by atomic mass is 32.2. The van der Waals surface area contributed by atoms with Gasteiger partial charge in [-0.3, -0.25) is 0 Å². The van der Waals surface area contributed by atoms with Gasteiger partial charge in [-0.05, 0) is 12.8 Å². The zero-order valence-corrected chi connectivity index (χ0v) is 12.4. The van der Waals surface area contributed by atoms with Crippen molar-refractivity contribution in [2.75, 3.05) is 6.54 Å². The molecule has 1 atom stereocenters. The van der Waals surface area contributed by atoms with Crippen molar-refractivity contribution in [2.45, 2.75) is 70.5 Å². The summed E-state index contributed by atoms with van der Waals surface area (Å²) < 4.78 is 26.2. The molecule has 0 bridgehead atoms. The summed E-state index contributed by atoms with van der Waals surface area (Å²) in [6, 6.07) is 1.89. The Morgan fingerprint density at radius 2 is 1.67 bits per heavy atom. The molecule has 0 heterocycles. The summed E-state index contributed by atoms with van der Waals surface area (Å²) in [5.74, 6) is 0. The Balaban J connectivity index is 3.94. The maximum Gasteiger partial charge on any atom is 0.227 e. The largest absolute Gasteiger partial charge is 0.227 e. The van der Waals surface area contributed by atoms with Crippen LogP contribution in [0.4, 0.5) is 0 Å². The Hall–Kier alpha value is -0.600. The Morgan fingerprint density at radius 1 is 1.06 bits per heavy atom. The molecule has 0 aromatic heterocycles. The zero-order chi connectivity index (χ0) is 13.9. The van der Waals surface area contributed by atoms with Gasteiger partial charge in [0.2, 0.25) is 10.0 Å². The number of hydrogen-bond donors (Lipinski definition) is 1. The minimum Gasteiger partial charge on any atom is -0.214 e. The van der Waals surface area contributed by atoms with Crippen LogP contribution in [0.1, 0.15) is 65.2 Å². The first-order chi connectivity index (χ1) is 8.58. The van der Waals surface area contributed by atoms with Gasteiger partial charge < -0.3 is 0 Å². The molecule has 0 aromatic carbocycles. The van der Waals surface area contributed by atoms with E-state index in [9.17, 15) is 8.42 Å². The quantitative estimate of drug-likeness (QED) is 0.589. The van der Waals surface area contributed by atoms with E-state index in [1.54, 1.807) is 0 Å². The maximum atomic E-state index is 11.8. The Morgan fingerprint density at radius 3 is 2.22 bits per heavy atom. The fourth-order valence-electron chi connectivity index (χ4n) is 1.72. The average Bonchev–Trinajstić information content (AvgIpc) is 2.34. The SMILES string of the molecule is CCCCCCCNS(=O)(=O)C(C#N)CCCC. The third-order valence-electron chi connectivity index (χ3n) is 2.92. The van der Waals surface area contributed by atoms with E-state index in [4.69, 9.17) is 5.26 Å². The monoisotopic (exact) mass is 274 g/mol. The molecule has 0 aliphatic rings. The van der Waals surface area contributed by atoms with Crippen molar-refractivity contribution in [1.82, 2.24) is 4.72 Å². The Kier molecular flexibility index (Phi) is 9.99. The normalized spacial score (nSPS) is 13.2. The third-order valence-corrected chi connectivity index (χ3v) is 4.62. The first-order valence-corrected chi connectivity index (χ1v) is 8.51. The van der Waals surface area contributed by atoms with Crippen LogP contribution in [-0.4, -0.2) is 20.2 Å². The summed E-state index contributed by atoms with van der Waals surface area (Å²) in [5.41, 5.74) is 0. The van der Waals surface area contributed by atoms with E-state index in [0.717, 1.165) is 32.1 Å². The smallest absolute Gasteiger partial charge is 0.214 e. The van der Waals surface area contributed by atoms with Crippen molar-refractivity contribution in [1.29, 1.82) is 5.26 Å². The summed E-state index contributed by atoms with van der Waals surface area (Å²) >= 11 is 0. The van der Waals surface area contributed by atoms with Gasteiger partial charge in [0, 0.05) is 6.54 Å². The van der Waals surface area contributed by atoms with E-state index in [-0.39, 0.29) is 0 Å². The second-order valence-corrected chi connectivity index (χ2v) is 6.56.